The molecule has 0 aliphatic heterocycles. The third-order valence-corrected chi connectivity index (χ3v) is 8.45. The van der Waals surface area contributed by atoms with Gasteiger partial charge in [0.1, 0.15) is 11.4 Å². The average molecular weight is 554 g/mol. The molecule has 0 N–H and O–H groups in total. The minimum Gasteiger partial charge on any atom is -0.497 e. The van der Waals surface area contributed by atoms with Gasteiger partial charge in [0.25, 0.3) is 0 Å². The van der Waals surface area contributed by atoms with E-state index in [0.717, 1.165) is 28.7 Å². The highest BCUT2D eigenvalue weighted by Gasteiger charge is 2.37. The summed E-state index contributed by atoms with van der Waals surface area (Å²) in [6.07, 6.45) is 0.910. The number of benzene rings is 4. The van der Waals surface area contributed by atoms with E-state index in [4.69, 9.17) is 13.8 Å². The number of hydrogen-bond donors (Lipinski definition) is 0. The highest BCUT2D eigenvalue weighted by molar-refractivity contribution is 7.56. The van der Waals surface area contributed by atoms with Crippen LogP contribution >= 0.6 is 7.75 Å². The van der Waals surface area contributed by atoms with Gasteiger partial charge in [-0.25, -0.2) is 9.24 Å². The summed E-state index contributed by atoms with van der Waals surface area (Å²) in [6.45, 7) is 6.16. The molecule has 4 rings (SSSR count). The van der Waals surface area contributed by atoms with Gasteiger partial charge in [-0.2, -0.15) is 0 Å². The van der Waals surface area contributed by atoms with Crippen molar-refractivity contribution in [3.63, 3.8) is 0 Å². The number of methoxy groups -OCH3 is 1. The molecule has 0 atom stereocenters. The first kappa shape index (κ1) is 29.1. The summed E-state index contributed by atoms with van der Waals surface area (Å²) in [7, 11) is -2.26. The first-order chi connectivity index (χ1) is 19.5. The number of ether oxygens (including phenoxy) is 1. The molecule has 0 saturated carbocycles. The zero-order valence-electron chi connectivity index (χ0n) is 23.5. The van der Waals surface area contributed by atoms with Crippen molar-refractivity contribution in [2.24, 2.45) is 0 Å². The van der Waals surface area contributed by atoms with Gasteiger partial charge in [0.15, 0.2) is 0 Å². The highest BCUT2D eigenvalue weighted by Crippen LogP contribution is 2.58. The fourth-order valence-corrected chi connectivity index (χ4v) is 6.16. The number of hydrogen-bond acceptors (Lipinski definition) is 4. The lowest BCUT2D eigenvalue weighted by molar-refractivity contribution is 0.220. The van der Waals surface area contributed by atoms with Gasteiger partial charge in [-0.3, -0.25) is 9.05 Å². The molecule has 0 saturated heterocycles. The van der Waals surface area contributed by atoms with E-state index < -0.39 is 7.75 Å². The zero-order valence-corrected chi connectivity index (χ0v) is 24.4. The topological polar surface area (TPSA) is 48.0 Å². The Balaban J connectivity index is 2.13. The van der Waals surface area contributed by atoms with Gasteiger partial charge >= 0.3 is 7.75 Å². The second-order valence-corrected chi connectivity index (χ2v) is 10.8. The lowest BCUT2D eigenvalue weighted by Gasteiger charge is -2.32. The van der Waals surface area contributed by atoms with Crippen LogP contribution < -0.4 is 9.41 Å². The van der Waals surface area contributed by atoms with Crippen molar-refractivity contribution in [3.05, 3.63) is 137 Å². The van der Waals surface area contributed by atoms with Crippen LogP contribution in [-0.4, -0.2) is 20.3 Å². The molecule has 4 aromatic rings. The molecule has 6 heteroatoms. The Morgan fingerprint density at radius 1 is 0.700 bits per heavy atom. The van der Waals surface area contributed by atoms with E-state index in [-0.39, 0.29) is 13.2 Å². The first-order valence-electron chi connectivity index (χ1n) is 13.6. The molecule has 0 aliphatic rings. The van der Waals surface area contributed by atoms with Crippen molar-refractivity contribution in [1.29, 1.82) is 0 Å². The lowest BCUT2D eigenvalue weighted by Crippen LogP contribution is -2.21. The molecule has 5 nitrogen and oxygen atoms in total. The van der Waals surface area contributed by atoms with Crippen LogP contribution in [0.5, 0.6) is 5.75 Å². The van der Waals surface area contributed by atoms with Crippen molar-refractivity contribution in [1.82, 2.24) is 0 Å². The second-order valence-electron chi connectivity index (χ2n) is 8.95. The normalized spacial score (nSPS) is 11.0. The van der Waals surface area contributed by atoms with Gasteiger partial charge in [-0.1, -0.05) is 97.6 Å². The monoisotopic (exact) mass is 553 g/mol. The Kier molecular flexibility index (Phi) is 10.2. The highest BCUT2D eigenvalue weighted by atomic mass is 31.2. The molecule has 0 bridgehead atoms. The number of rotatable bonds is 12. The predicted molar refractivity (Wildman–Crippen MR) is 164 cm³/mol. The van der Waals surface area contributed by atoms with E-state index in [9.17, 15) is 4.57 Å². The summed E-state index contributed by atoms with van der Waals surface area (Å²) in [6, 6.07) is 35.8. The molecule has 0 heterocycles. The maximum Gasteiger partial charge on any atom is 0.440 e. The van der Waals surface area contributed by atoms with Gasteiger partial charge < -0.3 is 4.74 Å². The maximum absolute atomic E-state index is 14.6. The van der Waals surface area contributed by atoms with Gasteiger partial charge in [0.05, 0.1) is 26.0 Å². The van der Waals surface area contributed by atoms with Crippen molar-refractivity contribution in [2.45, 2.75) is 27.2 Å². The molecule has 40 heavy (non-hydrogen) atoms. The second kappa shape index (κ2) is 14.0. The van der Waals surface area contributed by atoms with Gasteiger partial charge in [-0.15, -0.1) is 0 Å². The molecule has 0 aliphatic carbocycles. The van der Waals surface area contributed by atoms with Crippen molar-refractivity contribution in [3.8, 4) is 5.75 Å². The Labute approximate surface area is 237 Å². The van der Waals surface area contributed by atoms with Crippen LogP contribution in [0, 0.1) is 0 Å². The smallest absolute Gasteiger partial charge is 0.440 e. The molecule has 0 fully saturated rings. The van der Waals surface area contributed by atoms with Crippen LogP contribution in [0.2, 0.25) is 0 Å². The third kappa shape index (κ3) is 6.83. The van der Waals surface area contributed by atoms with Crippen LogP contribution in [-0.2, 0) is 20.0 Å². The van der Waals surface area contributed by atoms with Crippen LogP contribution in [0.15, 0.2) is 115 Å². The summed E-state index contributed by atoms with van der Waals surface area (Å²) < 4.78 is 33.6. The molecule has 0 radical (unpaired) electrons. The van der Waals surface area contributed by atoms with Crippen LogP contribution in [0.25, 0.3) is 11.3 Å². The fourth-order valence-electron chi connectivity index (χ4n) is 4.38. The van der Waals surface area contributed by atoms with E-state index in [1.165, 1.54) is 5.56 Å². The van der Waals surface area contributed by atoms with Gasteiger partial charge in [0, 0.05) is 11.1 Å². The Bertz CT molecular complexity index is 1430. The summed E-state index contributed by atoms with van der Waals surface area (Å²) in [5, 5.41) is 0. The fraction of sp³-hybridized carbons (Fsp3) is 0.206. The summed E-state index contributed by atoms with van der Waals surface area (Å²) >= 11 is 0. The molecule has 0 spiro atoms. The molecule has 4 aromatic carbocycles. The molecule has 0 unspecified atom stereocenters. The number of aryl methyl sites for hydroxylation is 1. The van der Waals surface area contributed by atoms with Crippen molar-refractivity contribution < 1.29 is 18.3 Å². The Morgan fingerprint density at radius 3 is 1.68 bits per heavy atom. The third-order valence-electron chi connectivity index (χ3n) is 6.36. The SMILES string of the molecule is CCOP(=O)(OCC)N(C(=C=C(c1ccccc1)c1ccccc1)c1ccc(CC)cc1)c1ccc(OC)cc1. The summed E-state index contributed by atoms with van der Waals surface area (Å²) in [5.41, 5.74) is 9.74. The number of nitrogens with zero attached hydrogens (tertiary/aromatic N) is 1. The van der Waals surface area contributed by atoms with Gasteiger partial charge in [-0.05, 0) is 61.2 Å². The van der Waals surface area contributed by atoms with E-state index in [1.54, 1.807) is 11.8 Å². The minimum atomic E-state index is -3.88. The van der Waals surface area contributed by atoms with E-state index in [1.807, 2.05) is 86.6 Å². The summed E-state index contributed by atoms with van der Waals surface area (Å²) in [4.78, 5) is 0. The molecule has 206 valence electrons. The largest absolute Gasteiger partial charge is 0.497 e. The molecular weight excluding hydrogens is 517 g/mol. The minimum absolute atomic E-state index is 0.208. The number of anilines is 1. The zero-order chi connectivity index (χ0) is 28.4. The van der Waals surface area contributed by atoms with Crippen molar-refractivity contribution >= 4 is 24.7 Å². The van der Waals surface area contributed by atoms with Crippen LogP contribution in [0.1, 0.15) is 43.0 Å². The molecule has 0 aromatic heterocycles. The quantitative estimate of drug-likeness (QED) is 0.129. The Hall–Kier alpha value is -3.85. The van der Waals surface area contributed by atoms with E-state index >= 15 is 0 Å². The van der Waals surface area contributed by atoms with Crippen molar-refractivity contribution in [2.75, 3.05) is 25.0 Å². The molecular formula is C34H36NO4P. The predicted octanol–water partition coefficient (Wildman–Crippen LogP) is 9.02. The van der Waals surface area contributed by atoms with E-state index in [2.05, 4.69) is 49.1 Å². The Morgan fingerprint density at radius 2 is 1.23 bits per heavy atom. The average Bonchev–Trinajstić information content (AvgIpc) is 3.00. The standard InChI is InChI=1S/C34H36NO4P/c1-5-27-18-20-30(21-19-27)34(26-33(28-14-10-8-11-15-28)29-16-12-9-13-17-29)35(40(36,38-6-2)39-7-3)31-22-24-32(37-4)25-23-31/h8-25H,5-7H2,1-4H3. The van der Waals surface area contributed by atoms with Crippen LogP contribution in [0.3, 0.4) is 0 Å². The lowest BCUT2D eigenvalue weighted by atomic mass is 9.97. The first-order valence-corrected chi connectivity index (χ1v) is 15.1. The van der Waals surface area contributed by atoms with Gasteiger partial charge in [0.2, 0.25) is 0 Å². The van der Waals surface area contributed by atoms with Crippen LogP contribution in [0.4, 0.5) is 5.69 Å². The summed E-state index contributed by atoms with van der Waals surface area (Å²) in [5.74, 6) is 0.689. The maximum atomic E-state index is 14.6. The molecule has 0 amide bonds. The van der Waals surface area contributed by atoms with E-state index in [0.29, 0.717) is 17.1 Å².